The molecule has 0 saturated heterocycles. The van der Waals surface area contributed by atoms with E-state index in [4.69, 9.17) is 4.74 Å². The molecule has 0 saturated carbocycles. The Hall–Kier alpha value is -4.54. The monoisotopic (exact) mass is 480 g/mol. The van der Waals surface area contributed by atoms with Gasteiger partial charge in [-0.1, -0.05) is 0 Å². The maximum Gasteiger partial charge on any atom is 0.330 e. The number of amides is 3. The minimum absolute atomic E-state index is 0.234. The number of carbonyl (C=O) groups is 4. The lowest BCUT2D eigenvalue weighted by Crippen LogP contribution is -2.15. The molecule has 0 spiro atoms. The van der Waals surface area contributed by atoms with Crippen LogP contribution in [0.2, 0.25) is 0 Å². The summed E-state index contributed by atoms with van der Waals surface area (Å²) < 4.78 is 9.83. The fourth-order valence-corrected chi connectivity index (χ4v) is 3.47. The van der Waals surface area contributed by atoms with E-state index in [1.165, 1.54) is 13.0 Å². The van der Waals surface area contributed by atoms with E-state index in [-0.39, 0.29) is 17.7 Å². The third-order valence-corrected chi connectivity index (χ3v) is 5.03. The van der Waals surface area contributed by atoms with Gasteiger partial charge in [-0.3, -0.25) is 14.4 Å². The molecule has 0 aliphatic rings. The Labute approximate surface area is 202 Å². The van der Waals surface area contributed by atoms with Gasteiger partial charge in [0.2, 0.25) is 5.91 Å². The van der Waals surface area contributed by atoms with Crippen molar-refractivity contribution in [1.82, 2.24) is 13.7 Å². The van der Waals surface area contributed by atoms with E-state index in [1.807, 2.05) is 0 Å². The van der Waals surface area contributed by atoms with Crippen LogP contribution in [0.5, 0.6) is 0 Å². The molecule has 3 heterocycles. The Morgan fingerprint density at radius 3 is 1.80 bits per heavy atom. The average molecular weight is 481 g/mol. The van der Waals surface area contributed by atoms with Gasteiger partial charge in [-0.05, 0) is 31.2 Å². The number of nitrogens with zero attached hydrogens (tertiary/aromatic N) is 3. The molecule has 3 N–H and O–H groups in total. The van der Waals surface area contributed by atoms with Crippen LogP contribution in [-0.4, -0.2) is 44.0 Å². The predicted octanol–water partition coefficient (Wildman–Crippen LogP) is 2.74. The second-order valence-corrected chi connectivity index (χ2v) is 7.89. The lowest BCUT2D eigenvalue weighted by Gasteiger charge is -2.03. The van der Waals surface area contributed by atoms with Crippen LogP contribution in [0.3, 0.4) is 0 Å². The molecule has 0 unspecified atom stereocenters. The van der Waals surface area contributed by atoms with Gasteiger partial charge in [0, 0.05) is 58.4 Å². The Morgan fingerprint density at radius 1 is 0.800 bits per heavy atom. The molecule has 11 heteroatoms. The number of nitrogens with one attached hydrogen (secondary N) is 3. The van der Waals surface area contributed by atoms with E-state index in [0.717, 1.165) is 0 Å². The first-order chi connectivity index (χ1) is 16.6. The predicted molar refractivity (Wildman–Crippen MR) is 132 cm³/mol. The van der Waals surface area contributed by atoms with Gasteiger partial charge in [0.15, 0.2) is 0 Å². The highest BCUT2D eigenvalue weighted by atomic mass is 16.5. The van der Waals surface area contributed by atoms with Crippen LogP contribution >= 0.6 is 0 Å². The molecule has 0 radical (unpaired) electrons. The van der Waals surface area contributed by atoms with Crippen LogP contribution in [0.25, 0.3) is 6.08 Å². The molecule has 3 aromatic rings. The minimum Gasteiger partial charge on any atom is -0.463 e. The van der Waals surface area contributed by atoms with Crippen molar-refractivity contribution in [3.8, 4) is 0 Å². The third kappa shape index (κ3) is 6.28. The largest absolute Gasteiger partial charge is 0.463 e. The van der Waals surface area contributed by atoms with E-state index in [2.05, 4.69) is 16.0 Å². The molecule has 0 fully saturated rings. The Balaban J connectivity index is 1.69. The van der Waals surface area contributed by atoms with Crippen molar-refractivity contribution in [2.45, 2.75) is 13.8 Å². The molecular weight excluding hydrogens is 452 g/mol. The summed E-state index contributed by atoms with van der Waals surface area (Å²) in [7, 11) is 5.18. The van der Waals surface area contributed by atoms with Crippen LogP contribution in [0.1, 0.15) is 40.5 Å². The van der Waals surface area contributed by atoms with Crippen molar-refractivity contribution in [1.29, 1.82) is 0 Å². The average Bonchev–Trinajstić information content (AvgIpc) is 3.42. The summed E-state index contributed by atoms with van der Waals surface area (Å²) in [6.45, 7) is 3.41. The summed E-state index contributed by atoms with van der Waals surface area (Å²) in [5.74, 6) is -1.43. The van der Waals surface area contributed by atoms with E-state index in [9.17, 15) is 19.2 Å². The molecule has 184 valence electrons. The van der Waals surface area contributed by atoms with E-state index in [0.29, 0.717) is 40.8 Å². The van der Waals surface area contributed by atoms with Crippen molar-refractivity contribution in [2.24, 2.45) is 21.1 Å². The number of aromatic nitrogens is 3. The molecule has 0 aliphatic carbocycles. The number of hydrogen-bond acceptors (Lipinski definition) is 5. The van der Waals surface area contributed by atoms with Crippen LogP contribution in [0, 0.1) is 0 Å². The summed E-state index contributed by atoms with van der Waals surface area (Å²) in [5.41, 5.74) is 2.88. The van der Waals surface area contributed by atoms with E-state index >= 15 is 0 Å². The second kappa shape index (κ2) is 10.6. The topological polar surface area (TPSA) is 128 Å². The Bertz CT molecular complexity index is 1310. The Kier molecular flexibility index (Phi) is 7.59. The van der Waals surface area contributed by atoms with Gasteiger partial charge in [-0.25, -0.2) is 4.79 Å². The lowest BCUT2D eigenvalue weighted by atomic mass is 10.3. The summed E-state index contributed by atoms with van der Waals surface area (Å²) in [6.07, 6.45) is 7.91. The van der Waals surface area contributed by atoms with Gasteiger partial charge in [-0.2, -0.15) is 0 Å². The van der Waals surface area contributed by atoms with Crippen molar-refractivity contribution in [3.63, 3.8) is 0 Å². The van der Waals surface area contributed by atoms with Gasteiger partial charge >= 0.3 is 5.97 Å². The molecule has 0 atom stereocenters. The van der Waals surface area contributed by atoms with E-state index in [1.54, 1.807) is 84.6 Å². The molecule has 35 heavy (non-hydrogen) atoms. The number of aryl methyl sites for hydroxylation is 3. The summed E-state index contributed by atoms with van der Waals surface area (Å²) >= 11 is 0. The van der Waals surface area contributed by atoms with Crippen molar-refractivity contribution >= 4 is 46.8 Å². The number of rotatable bonds is 8. The van der Waals surface area contributed by atoms with Gasteiger partial charge in [0.05, 0.1) is 23.7 Å². The van der Waals surface area contributed by atoms with Crippen LogP contribution < -0.4 is 16.0 Å². The first-order valence-electron chi connectivity index (χ1n) is 10.8. The van der Waals surface area contributed by atoms with Gasteiger partial charge < -0.3 is 34.4 Å². The number of hydrogen-bond donors (Lipinski definition) is 3. The summed E-state index contributed by atoms with van der Waals surface area (Å²) in [6, 6.07) is 4.85. The van der Waals surface area contributed by atoms with Crippen molar-refractivity contribution in [2.75, 3.05) is 22.6 Å². The van der Waals surface area contributed by atoms with Crippen LogP contribution in [-0.2, 0) is 35.5 Å². The SMILES string of the molecule is CCOC(=O)C=Cc1cc(NC(=O)c2cc(NC(=O)c3cc(NC(C)=O)cn3C)cn2C)cn1C. The van der Waals surface area contributed by atoms with Crippen LogP contribution in [0.15, 0.2) is 42.9 Å². The van der Waals surface area contributed by atoms with Crippen molar-refractivity contribution < 1.29 is 23.9 Å². The highest BCUT2D eigenvalue weighted by molar-refractivity contribution is 6.07. The quantitative estimate of drug-likeness (QED) is 0.337. The second-order valence-electron chi connectivity index (χ2n) is 7.89. The third-order valence-electron chi connectivity index (χ3n) is 5.03. The number of anilines is 3. The number of ether oxygens (including phenoxy) is 1. The maximum atomic E-state index is 12.8. The molecule has 0 aliphatic heterocycles. The van der Waals surface area contributed by atoms with Gasteiger partial charge in [-0.15, -0.1) is 0 Å². The highest BCUT2D eigenvalue weighted by Crippen LogP contribution is 2.20. The fraction of sp³-hybridized carbons (Fsp3) is 0.250. The van der Waals surface area contributed by atoms with Crippen molar-refractivity contribution in [3.05, 3.63) is 59.9 Å². The summed E-state index contributed by atoms with van der Waals surface area (Å²) in [4.78, 5) is 48.3. The molecule has 3 rings (SSSR count). The maximum absolute atomic E-state index is 12.8. The van der Waals surface area contributed by atoms with E-state index < -0.39 is 5.97 Å². The first kappa shape index (κ1) is 25.1. The van der Waals surface area contributed by atoms with Gasteiger partial charge in [0.25, 0.3) is 11.8 Å². The zero-order chi connectivity index (χ0) is 25.7. The normalized spacial score (nSPS) is 10.9. The lowest BCUT2D eigenvalue weighted by molar-refractivity contribution is -0.137. The minimum atomic E-state index is -0.445. The summed E-state index contributed by atoms with van der Waals surface area (Å²) in [5, 5.41) is 8.22. The molecule has 3 aromatic heterocycles. The number of esters is 1. The van der Waals surface area contributed by atoms with Gasteiger partial charge in [0.1, 0.15) is 11.4 Å². The molecule has 0 aromatic carbocycles. The smallest absolute Gasteiger partial charge is 0.330 e. The zero-order valence-electron chi connectivity index (χ0n) is 20.2. The molecular formula is C24H28N6O5. The standard InChI is InChI=1S/C24H28N6O5/c1-6-35-22(32)8-7-19-9-16(12-28(19)3)26-23(33)21-11-18(14-30(21)5)27-24(34)20-10-17(13-29(20)4)25-15(2)31/h7-14H,6H2,1-5H3,(H,25,31)(H,26,33)(H,27,34). The Morgan fingerprint density at radius 2 is 1.29 bits per heavy atom. The molecule has 0 bridgehead atoms. The highest BCUT2D eigenvalue weighted by Gasteiger charge is 2.17. The molecule has 11 nitrogen and oxygen atoms in total. The fourth-order valence-electron chi connectivity index (χ4n) is 3.47. The molecule has 3 amide bonds. The first-order valence-corrected chi connectivity index (χ1v) is 10.8. The number of carbonyl (C=O) groups excluding carboxylic acids is 4. The van der Waals surface area contributed by atoms with Crippen LogP contribution in [0.4, 0.5) is 17.1 Å². The zero-order valence-corrected chi connectivity index (χ0v) is 20.2.